The second-order valence-electron chi connectivity index (χ2n) is 6.12. The molecule has 0 amide bonds. The van der Waals surface area contributed by atoms with Gasteiger partial charge in [-0.15, -0.1) is 0 Å². The first-order chi connectivity index (χ1) is 8.03. The van der Waals surface area contributed by atoms with E-state index in [-0.39, 0.29) is 40.7 Å². The minimum absolute atomic E-state index is 0.0579. The van der Waals surface area contributed by atoms with Gasteiger partial charge in [0, 0.05) is 18.3 Å². The third-order valence-corrected chi connectivity index (χ3v) is 4.94. The summed E-state index contributed by atoms with van der Waals surface area (Å²) < 4.78 is 0. The molecular weight excluding hydrogens is 212 g/mol. The van der Waals surface area contributed by atoms with E-state index in [0.717, 1.165) is 6.42 Å². The van der Waals surface area contributed by atoms with Gasteiger partial charge in [-0.1, -0.05) is 32.1 Å². The van der Waals surface area contributed by atoms with Gasteiger partial charge in [0.05, 0.1) is 0 Å². The topological polar surface area (TPSA) is 34.1 Å². The molecule has 0 aromatic carbocycles. The lowest BCUT2D eigenvalue weighted by atomic mass is 9.76. The standard InChI is InChI=1S/C15H18O2/c1-15(2)9-7-8-10(15)14-12(17)6-4-3-5-11(16)13(9)14/h3,5,7-10,13-14H,4,6H2,1-2H3. The Morgan fingerprint density at radius 1 is 1.12 bits per heavy atom. The number of hydrogen-bond acceptors (Lipinski definition) is 2. The third-order valence-electron chi connectivity index (χ3n) is 4.94. The molecule has 2 bridgehead atoms. The van der Waals surface area contributed by atoms with Crippen molar-refractivity contribution in [3.05, 3.63) is 24.3 Å². The summed E-state index contributed by atoms with van der Waals surface area (Å²) in [7, 11) is 0. The van der Waals surface area contributed by atoms with Gasteiger partial charge in [-0.2, -0.15) is 0 Å². The second-order valence-corrected chi connectivity index (χ2v) is 6.12. The van der Waals surface area contributed by atoms with E-state index in [0.29, 0.717) is 6.42 Å². The summed E-state index contributed by atoms with van der Waals surface area (Å²) in [6.45, 7) is 4.38. The molecule has 0 N–H and O–H groups in total. The van der Waals surface area contributed by atoms with Crippen molar-refractivity contribution >= 4 is 11.6 Å². The fourth-order valence-electron chi connectivity index (χ4n) is 4.03. The lowest BCUT2D eigenvalue weighted by Gasteiger charge is -2.25. The van der Waals surface area contributed by atoms with Gasteiger partial charge in [-0.05, 0) is 29.7 Å². The van der Waals surface area contributed by atoms with Crippen molar-refractivity contribution in [3.63, 3.8) is 0 Å². The molecule has 0 aliphatic heterocycles. The normalized spacial score (nSPS) is 42.5. The predicted octanol–water partition coefficient (Wildman–Crippen LogP) is 2.55. The quantitative estimate of drug-likeness (QED) is 0.599. The molecule has 0 heterocycles. The van der Waals surface area contributed by atoms with Crippen molar-refractivity contribution in [2.24, 2.45) is 29.1 Å². The molecule has 2 nitrogen and oxygen atoms in total. The van der Waals surface area contributed by atoms with Gasteiger partial charge < -0.3 is 0 Å². The van der Waals surface area contributed by atoms with Gasteiger partial charge in [0.2, 0.25) is 0 Å². The smallest absolute Gasteiger partial charge is 0.159 e. The summed E-state index contributed by atoms with van der Waals surface area (Å²) in [6.07, 6.45) is 9.20. The van der Waals surface area contributed by atoms with Crippen LogP contribution in [0.15, 0.2) is 24.3 Å². The van der Waals surface area contributed by atoms with Crippen LogP contribution in [0.1, 0.15) is 26.7 Å². The molecule has 0 aromatic rings. The SMILES string of the molecule is CC1(C)C2C=CC1C1C(=O)CCC=CC(=O)C12. The molecule has 4 atom stereocenters. The van der Waals surface area contributed by atoms with Gasteiger partial charge in [-0.3, -0.25) is 9.59 Å². The first-order valence-electron chi connectivity index (χ1n) is 6.45. The van der Waals surface area contributed by atoms with Crippen molar-refractivity contribution in [3.8, 4) is 0 Å². The summed E-state index contributed by atoms with van der Waals surface area (Å²) in [5.41, 5.74) is 0.0683. The lowest BCUT2D eigenvalue weighted by Crippen LogP contribution is -2.33. The van der Waals surface area contributed by atoms with Gasteiger partial charge in [0.25, 0.3) is 0 Å². The average molecular weight is 230 g/mol. The summed E-state index contributed by atoms with van der Waals surface area (Å²) in [6, 6.07) is 0. The Morgan fingerprint density at radius 3 is 2.47 bits per heavy atom. The maximum atomic E-state index is 12.3. The predicted molar refractivity (Wildman–Crippen MR) is 65.3 cm³/mol. The van der Waals surface area contributed by atoms with Crippen LogP contribution in [-0.4, -0.2) is 11.6 Å². The number of allylic oxidation sites excluding steroid dienone is 4. The van der Waals surface area contributed by atoms with Crippen LogP contribution in [0, 0.1) is 29.1 Å². The Kier molecular flexibility index (Phi) is 2.19. The molecular formula is C15H18O2. The van der Waals surface area contributed by atoms with E-state index in [9.17, 15) is 9.59 Å². The Balaban J connectivity index is 2.08. The second kappa shape index (κ2) is 3.41. The van der Waals surface area contributed by atoms with E-state index < -0.39 is 0 Å². The van der Waals surface area contributed by atoms with Crippen LogP contribution in [0.3, 0.4) is 0 Å². The molecule has 1 saturated carbocycles. The first kappa shape index (κ1) is 10.9. The number of hydrogen-bond donors (Lipinski definition) is 0. The molecule has 4 unspecified atom stereocenters. The fourth-order valence-corrected chi connectivity index (χ4v) is 4.03. The highest BCUT2D eigenvalue weighted by molar-refractivity contribution is 5.98. The molecule has 3 aliphatic carbocycles. The summed E-state index contributed by atoms with van der Waals surface area (Å²) in [5, 5.41) is 0. The molecule has 0 radical (unpaired) electrons. The number of Topliss-reactive ketones (excluding diaryl/α,β-unsaturated/α-hetero) is 1. The molecule has 90 valence electrons. The highest BCUT2D eigenvalue weighted by Gasteiger charge is 2.60. The third kappa shape index (κ3) is 1.33. The number of carbonyl (C=O) groups excluding carboxylic acids is 2. The maximum absolute atomic E-state index is 12.3. The number of ketones is 2. The molecule has 1 fully saturated rings. The van der Waals surface area contributed by atoms with Crippen LogP contribution in [-0.2, 0) is 9.59 Å². The van der Waals surface area contributed by atoms with Crippen LogP contribution < -0.4 is 0 Å². The molecule has 0 spiro atoms. The van der Waals surface area contributed by atoms with E-state index in [1.165, 1.54) is 0 Å². The van der Waals surface area contributed by atoms with Crippen molar-refractivity contribution in [2.75, 3.05) is 0 Å². The highest BCUT2D eigenvalue weighted by atomic mass is 16.1. The lowest BCUT2D eigenvalue weighted by molar-refractivity contribution is -0.131. The zero-order chi connectivity index (χ0) is 12.2. The maximum Gasteiger partial charge on any atom is 0.159 e. The van der Waals surface area contributed by atoms with Crippen molar-refractivity contribution < 1.29 is 9.59 Å². The van der Waals surface area contributed by atoms with Gasteiger partial charge >= 0.3 is 0 Å². The number of carbonyl (C=O) groups is 2. The minimum atomic E-state index is -0.0935. The largest absolute Gasteiger partial charge is 0.299 e. The van der Waals surface area contributed by atoms with Crippen molar-refractivity contribution in [1.82, 2.24) is 0 Å². The highest BCUT2D eigenvalue weighted by Crippen LogP contribution is 2.60. The van der Waals surface area contributed by atoms with E-state index in [2.05, 4.69) is 26.0 Å². The average Bonchev–Trinajstić information content (AvgIpc) is 2.68. The van der Waals surface area contributed by atoms with E-state index in [1.54, 1.807) is 6.08 Å². The van der Waals surface area contributed by atoms with Gasteiger partial charge in [0.15, 0.2) is 5.78 Å². The molecule has 3 aliphatic rings. The monoisotopic (exact) mass is 230 g/mol. The van der Waals surface area contributed by atoms with E-state index >= 15 is 0 Å². The minimum Gasteiger partial charge on any atom is -0.299 e. The summed E-state index contributed by atoms with van der Waals surface area (Å²) >= 11 is 0. The fraction of sp³-hybridized carbons (Fsp3) is 0.600. The molecule has 17 heavy (non-hydrogen) atoms. The van der Waals surface area contributed by atoms with Crippen LogP contribution in [0.25, 0.3) is 0 Å². The van der Waals surface area contributed by atoms with Crippen LogP contribution in [0.5, 0.6) is 0 Å². The molecule has 0 saturated heterocycles. The first-order valence-corrected chi connectivity index (χ1v) is 6.45. The Labute approximate surface area is 102 Å². The van der Waals surface area contributed by atoms with E-state index in [1.807, 2.05) is 6.08 Å². The van der Waals surface area contributed by atoms with Crippen LogP contribution in [0.2, 0.25) is 0 Å². The van der Waals surface area contributed by atoms with Gasteiger partial charge in [-0.25, -0.2) is 0 Å². The van der Waals surface area contributed by atoms with Gasteiger partial charge in [0.1, 0.15) is 5.78 Å². The summed E-state index contributed by atoms with van der Waals surface area (Å²) in [5.74, 6) is 0.809. The van der Waals surface area contributed by atoms with Crippen molar-refractivity contribution in [1.29, 1.82) is 0 Å². The summed E-state index contributed by atoms with van der Waals surface area (Å²) in [4.78, 5) is 24.5. The van der Waals surface area contributed by atoms with E-state index in [4.69, 9.17) is 0 Å². The zero-order valence-electron chi connectivity index (χ0n) is 10.3. The Morgan fingerprint density at radius 2 is 1.76 bits per heavy atom. The van der Waals surface area contributed by atoms with Crippen LogP contribution >= 0.6 is 0 Å². The van der Waals surface area contributed by atoms with Crippen LogP contribution in [0.4, 0.5) is 0 Å². The zero-order valence-corrected chi connectivity index (χ0v) is 10.3. The Hall–Kier alpha value is -1.18. The molecule has 0 aromatic heterocycles. The number of fused-ring (bicyclic) bond motifs is 5. The van der Waals surface area contributed by atoms with Crippen molar-refractivity contribution in [2.45, 2.75) is 26.7 Å². The molecule has 3 rings (SSSR count). The molecule has 2 heteroatoms. The number of rotatable bonds is 0. The Bertz CT molecular complexity index is 442.